The van der Waals surface area contributed by atoms with Crippen molar-refractivity contribution in [1.29, 1.82) is 0 Å². The van der Waals surface area contributed by atoms with E-state index in [0.29, 0.717) is 36.2 Å². The van der Waals surface area contributed by atoms with Gasteiger partial charge in [-0.25, -0.2) is 0 Å². The van der Waals surface area contributed by atoms with Gasteiger partial charge in [0.2, 0.25) is 5.91 Å². The molecular weight excluding hydrogens is 543 g/mol. The topological polar surface area (TPSA) is 82.5 Å². The minimum absolute atomic E-state index is 0.0434. The average Bonchev–Trinajstić information content (AvgIpc) is 3.43. The molecule has 0 bridgehead atoms. The van der Waals surface area contributed by atoms with Crippen LogP contribution in [0.3, 0.4) is 0 Å². The van der Waals surface area contributed by atoms with Crippen LogP contribution in [0.1, 0.15) is 135 Å². The van der Waals surface area contributed by atoms with E-state index in [1.54, 1.807) is 4.90 Å². The highest BCUT2D eigenvalue weighted by Crippen LogP contribution is 2.33. The summed E-state index contributed by atoms with van der Waals surface area (Å²) in [4.78, 5) is 29.8. The number of nitrogens with one attached hydrogen (secondary N) is 1. The van der Waals surface area contributed by atoms with Crippen molar-refractivity contribution in [2.45, 2.75) is 150 Å². The van der Waals surface area contributed by atoms with E-state index >= 15 is 0 Å². The van der Waals surface area contributed by atoms with Gasteiger partial charge >= 0.3 is 12.1 Å². The molecule has 0 saturated heterocycles. The van der Waals surface area contributed by atoms with Gasteiger partial charge < -0.3 is 15.3 Å². The number of hydrogen-bond donors (Lipinski definition) is 2. The van der Waals surface area contributed by atoms with Gasteiger partial charge in [0.15, 0.2) is 0 Å². The number of pyridine rings is 1. The van der Waals surface area contributed by atoms with Gasteiger partial charge in [-0.1, -0.05) is 60.8 Å². The van der Waals surface area contributed by atoms with E-state index in [1.165, 1.54) is 6.42 Å². The first-order valence-corrected chi connectivity index (χ1v) is 16.3. The molecule has 1 amide bonds. The summed E-state index contributed by atoms with van der Waals surface area (Å²) in [6.07, 6.45) is 7.91. The van der Waals surface area contributed by atoms with Crippen molar-refractivity contribution in [3.8, 4) is 0 Å². The number of halogens is 3. The number of aliphatic carboxylic acids is 1. The Morgan fingerprint density at radius 2 is 1.79 bits per heavy atom. The summed E-state index contributed by atoms with van der Waals surface area (Å²) >= 11 is 0. The lowest BCUT2D eigenvalue weighted by molar-refractivity contribution is -0.138. The number of carboxylic acids is 1. The third-order valence-corrected chi connectivity index (χ3v) is 8.05. The largest absolute Gasteiger partial charge is 0.481 e. The van der Waals surface area contributed by atoms with Crippen LogP contribution >= 0.6 is 0 Å². The molecule has 242 valence electrons. The number of carbonyl (C=O) groups excluding carboxylic acids is 1. The normalized spacial score (nSPS) is 19.5. The van der Waals surface area contributed by atoms with Gasteiger partial charge in [0.05, 0.1) is 5.56 Å². The smallest absolute Gasteiger partial charge is 0.417 e. The second-order valence-electron chi connectivity index (χ2n) is 11.5. The van der Waals surface area contributed by atoms with Crippen LogP contribution in [0.25, 0.3) is 0 Å². The number of nitrogens with zero attached hydrogens (tertiary/aromatic N) is 2. The number of amides is 1. The van der Waals surface area contributed by atoms with Crippen molar-refractivity contribution in [3.63, 3.8) is 0 Å². The molecule has 9 heteroatoms. The van der Waals surface area contributed by atoms with Gasteiger partial charge in [-0.3, -0.25) is 14.6 Å². The number of alkyl halides is 3. The minimum atomic E-state index is -4.44. The fourth-order valence-corrected chi connectivity index (χ4v) is 5.94. The Labute approximate surface area is 252 Å². The highest BCUT2D eigenvalue weighted by molar-refractivity contribution is 5.79. The number of carboxylic acid groups (broad SMARTS) is 1. The van der Waals surface area contributed by atoms with Crippen LogP contribution < -0.4 is 5.32 Å². The van der Waals surface area contributed by atoms with Gasteiger partial charge in [0, 0.05) is 55.8 Å². The van der Waals surface area contributed by atoms with Crippen LogP contribution in [0.15, 0.2) is 12.3 Å². The summed E-state index contributed by atoms with van der Waals surface area (Å²) in [6, 6.07) is 1.78. The Balaban J connectivity index is 0.00000165. The first-order valence-electron chi connectivity index (χ1n) is 16.3. The SMILES string of the molecule is CC.CCC.CCCC(CCCC(=O)O)CCC(CC)NC1CCC(C(=O)N2CCc3ncc(C(F)(F)F)cc3C2)C1. The molecule has 6 nitrogen and oxygen atoms in total. The molecule has 0 aromatic carbocycles. The monoisotopic (exact) mass is 599 g/mol. The molecule has 4 unspecified atom stereocenters. The van der Waals surface area contributed by atoms with Crippen LogP contribution in [0, 0.1) is 11.8 Å². The van der Waals surface area contributed by atoms with E-state index in [1.807, 2.05) is 13.8 Å². The molecule has 2 heterocycles. The van der Waals surface area contributed by atoms with Gasteiger partial charge in [-0.2, -0.15) is 13.2 Å². The molecule has 1 aromatic rings. The predicted octanol–water partition coefficient (Wildman–Crippen LogP) is 8.42. The van der Waals surface area contributed by atoms with Crippen molar-refractivity contribution in [2.24, 2.45) is 11.8 Å². The van der Waals surface area contributed by atoms with Crippen LogP contribution in [-0.4, -0.2) is 45.5 Å². The summed E-state index contributed by atoms with van der Waals surface area (Å²) in [5.74, 6) is -0.237. The Morgan fingerprint density at radius 3 is 2.38 bits per heavy atom. The molecule has 0 spiro atoms. The van der Waals surface area contributed by atoms with Crippen LogP contribution in [0.2, 0.25) is 0 Å². The van der Waals surface area contributed by atoms with Gasteiger partial charge in [-0.05, 0) is 68.9 Å². The Hall–Kier alpha value is -2.16. The van der Waals surface area contributed by atoms with Crippen molar-refractivity contribution in [3.05, 3.63) is 29.1 Å². The fourth-order valence-electron chi connectivity index (χ4n) is 5.94. The molecule has 0 radical (unpaired) electrons. The maximum Gasteiger partial charge on any atom is 0.417 e. The zero-order valence-corrected chi connectivity index (χ0v) is 26.9. The van der Waals surface area contributed by atoms with Crippen molar-refractivity contribution >= 4 is 11.9 Å². The van der Waals surface area contributed by atoms with Gasteiger partial charge in [0.25, 0.3) is 0 Å². The molecule has 1 aromatic heterocycles. The predicted molar refractivity (Wildman–Crippen MR) is 163 cm³/mol. The number of carbonyl (C=O) groups is 2. The zero-order chi connectivity index (χ0) is 31.7. The summed E-state index contributed by atoms with van der Waals surface area (Å²) in [7, 11) is 0. The van der Waals surface area contributed by atoms with Crippen molar-refractivity contribution < 1.29 is 27.9 Å². The molecular formula is C33H56F3N3O3. The summed E-state index contributed by atoms with van der Waals surface area (Å²) < 4.78 is 39.3. The highest BCUT2D eigenvalue weighted by atomic mass is 19.4. The van der Waals surface area contributed by atoms with Gasteiger partial charge in [0.1, 0.15) is 0 Å². The molecule has 2 aliphatic rings. The second kappa shape index (κ2) is 19.9. The van der Waals surface area contributed by atoms with E-state index in [4.69, 9.17) is 5.11 Å². The lowest BCUT2D eigenvalue weighted by atomic mass is 9.90. The standard InChI is InChI=1S/C28H42F3N3O3.C3H8.C2H6/c1-3-6-19(7-5-8-26(35)36)9-11-23(4-2)33-24-12-10-20(16-24)27(37)34-14-13-25-21(18-34)15-22(17-32-25)28(29,30)31;1-3-2;1-2/h15,17,19-20,23-24,33H,3-14,16,18H2,1-2H3,(H,35,36);3H2,1-2H3;1-2H3. The van der Waals surface area contributed by atoms with Crippen LogP contribution in [-0.2, 0) is 28.7 Å². The molecule has 2 N–H and O–H groups in total. The second-order valence-corrected chi connectivity index (χ2v) is 11.5. The van der Waals surface area contributed by atoms with E-state index < -0.39 is 17.7 Å². The van der Waals surface area contributed by atoms with Gasteiger partial charge in [-0.15, -0.1) is 0 Å². The maximum atomic E-state index is 13.2. The highest BCUT2D eigenvalue weighted by Gasteiger charge is 2.36. The first kappa shape index (κ1) is 37.9. The first-order chi connectivity index (χ1) is 20.0. The number of hydrogen-bond acceptors (Lipinski definition) is 4. The maximum absolute atomic E-state index is 13.2. The summed E-state index contributed by atoms with van der Waals surface area (Å²) in [5, 5.41) is 12.7. The van der Waals surface area contributed by atoms with Crippen molar-refractivity contribution in [2.75, 3.05) is 6.54 Å². The molecule has 4 atom stereocenters. The molecule has 3 rings (SSSR count). The minimum Gasteiger partial charge on any atom is -0.481 e. The Kier molecular flexibility index (Phi) is 18.0. The lowest BCUT2D eigenvalue weighted by Gasteiger charge is -2.31. The molecule has 1 aliphatic carbocycles. The Morgan fingerprint density at radius 1 is 1.10 bits per heavy atom. The third kappa shape index (κ3) is 13.0. The van der Waals surface area contributed by atoms with Crippen LogP contribution in [0.5, 0.6) is 0 Å². The lowest BCUT2D eigenvalue weighted by Crippen LogP contribution is -2.41. The molecule has 1 fully saturated rings. The van der Waals surface area contributed by atoms with Crippen molar-refractivity contribution in [1.82, 2.24) is 15.2 Å². The third-order valence-electron chi connectivity index (χ3n) is 8.05. The molecule has 1 aliphatic heterocycles. The average molecular weight is 600 g/mol. The number of rotatable bonds is 13. The number of aromatic nitrogens is 1. The number of fused-ring (bicyclic) bond motifs is 1. The van der Waals surface area contributed by atoms with E-state index in [-0.39, 0.29) is 30.8 Å². The van der Waals surface area contributed by atoms with E-state index in [2.05, 4.69) is 38.0 Å². The van der Waals surface area contributed by atoms with E-state index in [0.717, 1.165) is 76.5 Å². The Bertz CT molecular complexity index is 926. The van der Waals surface area contributed by atoms with Crippen LogP contribution in [0.4, 0.5) is 13.2 Å². The fraction of sp³-hybridized carbons (Fsp3) is 0.788. The van der Waals surface area contributed by atoms with E-state index in [9.17, 15) is 22.8 Å². The zero-order valence-electron chi connectivity index (χ0n) is 26.9. The molecule has 1 saturated carbocycles. The quantitative estimate of drug-likeness (QED) is 0.238. The molecule has 42 heavy (non-hydrogen) atoms. The summed E-state index contributed by atoms with van der Waals surface area (Å²) in [5.41, 5.74) is 0.385. The summed E-state index contributed by atoms with van der Waals surface area (Å²) in [6.45, 7) is 13.3.